The maximum absolute atomic E-state index is 2.00. The molecule has 0 aliphatic carbocycles. The molecule has 0 heteroatoms. The first-order valence-electron chi connectivity index (χ1n) is 6.31. The standard InChI is InChI=1S/C10H14.C8H12/c1-3-5-7-9-10-8-6-4-2;1-3-5-7-8-6-4-2/h3-10H,1-2H3;3-8H,1-2H3/b5-3-,6-4-,9-7-,10-8-;5-3+,6-4+,8-7+. The minimum atomic E-state index is 2.00. The van der Waals surface area contributed by atoms with Crippen LogP contribution in [0.15, 0.2) is 85.1 Å². The molecular formula is C18H26. The van der Waals surface area contributed by atoms with E-state index in [9.17, 15) is 0 Å². The first kappa shape index (κ1) is 18.5. The smallest absolute Gasteiger partial charge is 0.0467 e. The van der Waals surface area contributed by atoms with E-state index >= 15 is 0 Å². The highest BCUT2D eigenvalue weighted by Crippen LogP contribution is 1.80. The molecule has 0 aliphatic heterocycles. The Bertz CT molecular complexity index is 297. The van der Waals surface area contributed by atoms with E-state index in [4.69, 9.17) is 0 Å². The summed E-state index contributed by atoms with van der Waals surface area (Å²) in [7, 11) is 0. The zero-order chi connectivity index (χ0) is 13.9. The van der Waals surface area contributed by atoms with Crippen LogP contribution < -0.4 is 0 Å². The first-order valence-corrected chi connectivity index (χ1v) is 6.31. The van der Waals surface area contributed by atoms with Gasteiger partial charge in [-0.1, -0.05) is 85.1 Å². The summed E-state index contributed by atoms with van der Waals surface area (Å²) in [6, 6.07) is 0. The van der Waals surface area contributed by atoms with Crippen LogP contribution in [0.5, 0.6) is 0 Å². The molecule has 0 aromatic rings. The molecule has 0 radical (unpaired) electrons. The van der Waals surface area contributed by atoms with Crippen LogP contribution in [0.4, 0.5) is 0 Å². The molecule has 0 N–H and O–H groups in total. The van der Waals surface area contributed by atoms with Crippen molar-refractivity contribution in [2.75, 3.05) is 0 Å². The fourth-order valence-electron chi connectivity index (χ4n) is 0.829. The van der Waals surface area contributed by atoms with Gasteiger partial charge in [-0.05, 0) is 27.7 Å². The Morgan fingerprint density at radius 1 is 0.278 bits per heavy atom. The predicted molar refractivity (Wildman–Crippen MR) is 86.7 cm³/mol. The van der Waals surface area contributed by atoms with Crippen molar-refractivity contribution in [1.29, 1.82) is 0 Å². The zero-order valence-corrected chi connectivity index (χ0v) is 12.1. The molecule has 0 spiro atoms. The van der Waals surface area contributed by atoms with E-state index < -0.39 is 0 Å². The lowest BCUT2D eigenvalue weighted by atomic mass is 10.4. The second-order valence-electron chi connectivity index (χ2n) is 3.26. The quantitative estimate of drug-likeness (QED) is 0.523. The largest absolute Gasteiger partial charge is 0.0877 e. The Morgan fingerprint density at radius 2 is 0.444 bits per heavy atom. The van der Waals surface area contributed by atoms with E-state index in [0.29, 0.717) is 0 Å². The van der Waals surface area contributed by atoms with Crippen molar-refractivity contribution in [2.45, 2.75) is 27.7 Å². The minimum Gasteiger partial charge on any atom is -0.0877 e. The molecule has 0 saturated heterocycles. The van der Waals surface area contributed by atoms with Gasteiger partial charge in [0.05, 0.1) is 0 Å². The molecule has 0 aromatic heterocycles. The van der Waals surface area contributed by atoms with Crippen LogP contribution in [-0.2, 0) is 0 Å². The highest BCUT2D eigenvalue weighted by atomic mass is 13.7. The van der Waals surface area contributed by atoms with Gasteiger partial charge in [0.1, 0.15) is 0 Å². The third kappa shape index (κ3) is 23.8. The molecule has 0 aliphatic rings. The lowest BCUT2D eigenvalue weighted by Crippen LogP contribution is -1.49. The molecule has 0 amide bonds. The molecular weight excluding hydrogens is 216 g/mol. The van der Waals surface area contributed by atoms with Crippen molar-refractivity contribution in [1.82, 2.24) is 0 Å². The van der Waals surface area contributed by atoms with Crippen LogP contribution in [0.3, 0.4) is 0 Å². The molecule has 0 saturated carbocycles. The van der Waals surface area contributed by atoms with Gasteiger partial charge in [0.2, 0.25) is 0 Å². The van der Waals surface area contributed by atoms with Crippen LogP contribution in [0, 0.1) is 0 Å². The summed E-state index contributed by atoms with van der Waals surface area (Å²) >= 11 is 0. The zero-order valence-electron chi connectivity index (χ0n) is 12.1. The number of hydrogen-bond acceptors (Lipinski definition) is 0. The third-order valence-electron chi connectivity index (χ3n) is 1.66. The lowest BCUT2D eigenvalue weighted by Gasteiger charge is -1.71. The topological polar surface area (TPSA) is 0 Å². The van der Waals surface area contributed by atoms with Gasteiger partial charge in [0.25, 0.3) is 0 Å². The second-order valence-corrected chi connectivity index (χ2v) is 3.26. The van der Waals surface area contributed by atoms with Gasteiger partial charge in [0, 0.05) is 0 Å². The number of allylic oxidation sites excluding steroid dienone is 14. The van der Waals surface area contributed by atoms with Gasteiger partial charge in [0.15, 0.2) is 0 Å². The summed E-state index contributed by atoms with van der Waals surface area (Å²) in [6.07, 6.45) is 28.0. The number of hydrogen-bond donors (Lipinski definition) is 0. The van der Waals surface area contributed by atoms with Gasteiger partial charge in [-0.25, -0.2) is 0 Å². The molecule has 0 rings (SSSR count). The van der Waals surface area contributed by atoms with E-state index in [1.165, 1.54) is 0 Å². The highest BCUT2D eigenvalue weighted by Gasteiger charge is 1.58. The second kappa shape index (κ2) is 20.6. The van der Waals surface area contributed by atoms with Gasteiger partial charge in [-0.3, -0.25) is 0 Å². The van der Waals surface area contributed by atoms with Crippen LogP contribution in [0.2, 0.25) is 0 Å². The minimum absolute atomic E-state index is 2.00. The van der Waals surface area contributed by atoms with Crippen molar-refractivity contribution < 1.29 is 0 Å². The summed E-state index contributed by atoms with van der Waals surface area (Å²) in [5.41, 5.74) is 0. The summed E-state index contributed by atoms with van der Waals surface area (Å²) in [4.78, 5) is 0. The summed E-state index contributed by atoms with van der Waals surface area (Å²) < 4.78 is 0. The third-order valence-corrected chi connectivity index (χ3v) is 1.66. The van der Waals surface area contributed by atoms with Crippen molar-refractivity contribution in [2.24, 2.45) is 0 Å². The predicted octanol–water partition coefficient (Wildman–Crippen LogP) is 5.95. The van der Waals surface area contributed by atoms with E-state index in [-0.39, 0.29) is 0 Å². The first-order chi connectivity index (χ1) is 8.83. The molecule has 18 heavy (non-hydrogen) atoms. The Labute approximate surface area is 113 Å². The molecule has 0 nitrogen and oxygen atoms in total. The van der Waals surface area contributed by atoms with Crippen LogP contribution >= 0.6 is 0 Å². The summed E-state index contributed by atoms with van der Waals surface area (Å²) in [6.45, 7) is 8.00. The fourth-order valence-corrected chi connectivity index (χ4v) is 0.829. The molecule has 0 bridgehead atoms. The molecule has 0 fully saturated rings. The van der Waals surface area contributed by atoms with Crippen molar-refractivity contribution in [3.8, 4) is 0 Å². The van der Waals surface area contributed by atoms with Crippen LogP contribution in [0.1, 0.15) is 27.7 Å². The maximum atomic E-state index is 2.00. The Balaban J connectivity index is 0. The Hall–Kier alpha value is -1.82. The molecule has 98 valence electrons. The van der Waals surface area contributed by atoms with Crippen molar-refractivity contribution >= 4 is 0 Å². The van der Waals surface area contributed by atoms with Gasteiger partial charge in [-0.15, -0.1) is 0 Å². The SMILES string of the molecule is C/C=C/C=C/C=C/C.C\C=C/C=C\C=C/C=C\C. The average molecular weight is 242 g/mol. The molecule has 0 heterocycles. The van der Waals surface area contributed by atoms with E-state index in [2.05, 4.69) is 0 Å². The van der Waals surface area contributed by atoms with Crippen LogP contribution in [0.25, 0.3) is 0 Å². The van der Waals surface area contributed by atoms with Crippen molar-refractivity contribution in [3.05, 3.63) is 85.1 Å². The Morgan fingerprint density at radius 3 is 0.611 bits per heavy atom. The monoisotopic (exact) mass is 242 g/mol. The van der Waals surface area contributed by atoms with Gasteiger partial charge < -0.3 is 0 Å². The van der Waals surface area contributed by atoms with Gasteiger partial charge >= 0.3 is 0 Å². The summed E-state index contributed by atoms with van der Waals surface area (Å²) in [5.74, 6) is 0. The molecule has 0 unspecified atom stereocenters. The van der Waals surface area contributed by atoms with Crippen LogP contribution in [-0.4, -0.2) is 0 Å². The van der Waals surface area contributed by atoms with Gasteiger partial charge in [-0.2, -0.15) is 0 Å². The molecule has 0 atom stereocenters. The lowest BCUT2D eigenvalue weighted by molar-refractivity contribution is 1.71. The van der Waals surface area contributed by atoms with E-state index in [1.807, 2.05) is 113 Å². The fraction of sp³-hybridized carbons (Fsp3) is 0.222. The maximum Gasteiger partial charge on any atom is -0.0467 e. The highest BCUT2D eigenvalue weighted by molar-refractivity contribution is 5.14. The average Bonchev–Trinajstić information content (AvgIpc) is 2.40. The Kier molecular flexibility index (Phi) is 21.2. The summed E-state index contributed by atoms with van der Waals surface area (Å²) in [5, 5.41) is 0. The molecule has 0 aromatic carbocycles. The number of rotatable bonds is 5. The normalized spacial score (nSPS) is 13.1. The van der Waals surface area contributed by atoms with E-state index in [1.54, 1.807) is 0 Å². The van der Waals surface area contributed by atoms with Crippen molar-refractivity contribution in [3.63, 3.8) is 0 Å². The van der Waals surface area contributed by atoms with E-state index in [0.717, 1.165) is 0 Å².